The Labute approximate surface area is 184 Å². The Hall–Kier alpha value is -2.16. The molecule has 2 N–H and O–H groups in total. The van der Waals surface area contributed by atoms with E-state index in [0.717, 1.165) is 41.7 Å². The lowest BCUT2D eigenvalue weighted by molar-refractivity contribution is 0.390. The SMILES string of the molecule is CN=C(NCCc1cc(C)ccc1OC)NCc1ccc(OC)cc1OC.I. The van der Waals surface area contributed by atoms with Crippen LogP contribution < -0.4 is 24.8 Å². The first-order chi connectivity index (χ1) is 13.1. The smallest absolute Gasteiger partial charge is 0.191 e. The van der Waals surface area contributed by atoms with Crippen LogP contribution in [0.4, 0.5) is 0 Å². The standard InChI is InChI=1S/C21H29N3O3.HI/c1-15-6-9-19(26-4)16(12-15)10-11-23-21(22-2)24-14-17-7-8-18(25-3)13-20(17)27-5;/h6-9,12-13H,10-11,14H2,1-5H3,(H2,22,23,24);1H. The predicted octanol–water partition coefficient (Wildman–Crippen LogP) is 3.55. The molecule has 0 amide bonds. The minimum absolute atomic E-state index is 0. The predicted molar refractivity (Wildman–Crippen MR) is 125 cm³/mol. The van der Waals surface area contributed by atoms with Crippen LogP contribution >= 0.6 is 24.0 Å². The van der Waals surface area contributed by atoms with Crippen LogP contribution in [0.25, 0.3) is 0 Å². The molecule has 0 aromatic heterocycles. The third-order valence-corrected chi connectivity index (χ3v) is 4.29. The van der Waals surface area contributed by atoms with Gasteiger partial charge < -0.3 is 24.8 Å². The van der Waals surface area contributed by atoms with Crippen molar-refractivity contribution in [3.05, 3.63) is 53.1 Å². The molecule has 0 bridgehead atoms. The molecule has 0 aliphatic heterocycles. The van der Waals surface area contributed by atoms with Crippen LogP contribution in [0.3, 0.4) is 0 Å². The second-order valence-electron chi connectivity index (χ2n) is 6.10. The molecule has 2 aromatic rings. The van der Waals surface area contributed by atoms with Crippen molar-refractivity contribution in [3.63, 3.8) is 0 Å². The van der Waals surface area contributed by atoms with E-state index in [-0.39, 0.29) is 24.0 Å². The van der Waals surface area contributed by atoms with Gasteiger partial charge in [0.25, 0.3) is 0 Å². The van der Waals surface area contributed by atoms with E-state index in [4.69, 9.17) is 14.2 Å². The lowest BCUT2D eigenvalue weighted by Gasteiger charge is -2.15. The number of benzene rings is 2. The molecule has 6 nitrogen and oxygen atoms in total. The first kappa shape index (κ1) is 23.9. The largest absolute Gasteiger partial charge is 0.497 e. The van der Waals surface area contributed by atoms with Crippen LogP contribution in [0.2, 0.25) is 0 Å². The molecule has 0 aliphatic rings. The molecule has 0 aliphatic carbocycles. The van der Waals surface area contributed by atoms with Crippen molar-refractivity contribution < 1.29 is 14.2 Å². The van der Waals surface area contributed by atoms with E-state index in [1.54, 1.807) is 28.4 Å². The van der Waals surface area contributed by atoms with Gasteiger partial charge in [0.2, 0.25) is 0 Å². The molecule has 0 unspecified atom stereocenters. The van der Waals surface area contributed by atoms with Gasteiger partial charge >= 0.3 is 0 Å². The number of ether oxygens (including phenoxy) is 3. The molecule has 0 spiro atoms. The lowest BCUT2D eigenvalue weighted by atomic mass is 10.1. The Balaban J connectivity index is 0.00000392. The fourth-order valence-corrected chi connectivity index (χ4v) is 2.82. The average molecular weight is 499 g/mol. The highest BCUT2D eigenvalue weighted by Crippen LogP contribution is 2.24. The van der Waals surface area contributed by atoms with E-state index < -0.39 is 0 Å². The Morgan fingerprint density at radius 3 is 2.29 bits per heavy atom. The minimum Gasteiger partial charge on any atom is -0.497 e. The van der Waals surface area contributed by atoms with Crippen LogP contribution in [-0.2, 0) is 13.0 Å². The van der Waals surface area contributed by atoms with Crippen LogP contribution in [0, 0.1) is 6.92 Å². The van der Waals surface area contributed by atoms with Gasteiger partial charge in [0.1, 0.15) is 17.2 Å². The molecule has 2 rings (SSSR count). The van der Waals surface area contributed by atoms with E-state index in [1.807, 2.05) is 24.3 Å². The second-order valence-corrected chi connectivity index (χ2v) is 6.10. The van der Waals surface area contributed by atoms with E-state index >= 15 is 0 Å². The lowest BCUT2D eigenvalue weighted by Crippen LogP contribution is -2.37. The highest BCUT2D eigenvalue weighted by Gasteiger charge is 2.07. The van der Waals surface area contributed by atoms with E-state index in [9.17, 15) is 0 Å². The van der Waals surface area contributed by atoms with Gasteiger partial charge in [-0.2, -0.15) is 0 Å². The molecule has 0 atom stereocenters. The summed E-state index contributed by atoms with van der Waals surface area (Å²) in [4.78, 5) is 4.28. The van der Waals surface area contributed by atoms with Crippen molar-refractivity contribution in [1.82, 2.24) is 10.6 Å². The molecule has 7 heteroatoms. The zero-order chi connectivity index (χ0) is 19.6. The molecule has 2 aromatic carbocycles. The fraction of sp³-hybridized carbons (Fsp3) is 0.381. The van der Waals surface area contributed by atoms with Crippen LogP contribution in [0.5, 0.6) is 17.2 Å². The normalized spacial score (nSPS) is 10.7. The summed E-state index contributed by atoms with van der Waals surface area (Å²) in [6.45, 7) is 3.43. The molecular formula is C21H30IN3O3. The third kappa shape index (κ3) is 6.78. The highest BCUT2D eigenvalue weighted by molar-refractivity contribution is 14.0. The van der Waals surface area contributed by atoms with Crippen molar-refractivity contribution in [1.29, 1.82) is 0 Å². The summed E-state index contributed by atoms with van der Waals surface area (Å²) in [5, 5.41) is 6.65. The van der Waals surface area contributed by atoms with Crippen molar-refractivity contribution in [2.24, 2.45) is 4.99 Å². The summed E-state index contributed by atoms with van der Waals surface area (Å²) in [7, 11) is 6.75. The third-order valence-electron chi connectivity index (χ3n) is 4.29. The number of nitrogens with zero attached hydrogens (tertiary/aromatic N) is 1. The van der Waals surface area contributed by atoms with E-state index in [0.29, 0.717) is 6.54 Å². The Kier molecular flexibility index (Phi) is 10.5. The molecular weight excluding hydrogens is 469 g/mol. The summed E-state index contributed by atoms with van der Waals surface area (Å²) in [6, 6.07) is 12.0. The first-order valence-corrected chi connectivity index (χ1v) is 8.90. The number of aliphatic imine (C=N–C) groups is 1. The van der Waals surface area contributed by atoms with Crippen molar-refractivity contribution in [3.8, 4) is 17.2 Å². The summed E-state index contributed by atoms with van der Waals surface area (Å²) < 4.78 is 16.1. The van der Waals surface area contributed by atoms with Gasteiger partial charge in [-0.25, -0.2) is 0 Å². The Morgan fingerprint density at radius 1 is 0.893 bits per heavy atom. The van der Waals surface area contributed by atoms with Crippen LogP contribution in [-0.4, -0.2) is 40.9 Å². The van der Waals surface area contributed by atoms with Gasteiger partial charge in [-0.1, -0.05) is 17.7 Å². The number of hydrogen-bond acceptors (Lipinski definition) is 4. The molecule has 0 fully saturated rings. The molecule has 28 heavy (non-hydrogen) atoms. The number of rotatable bonds is 8. The number of guanidine groups is 1. The van der Waals surface area contributed by atoms with Gasteiger partial charge in [-0.3, -0.25) is 4.99 Å². The van der Waals surface area contributed by atoms with Gasteiger partial charge in [0, 0.05) is 31.8 Å². The van der Waals surface area contributed by atoms with Gasteiger partial charge in [-0.15, -0.1) is 24.0 Å². The molecule has 0 heterocycles. The van der Waals surface area contributed by atoms with E-state index in [2.05, 4.69) is 34.7 Å². The number of hydrogen-bond donors (Lipinski definition) is 2. The number of nitrogens with one attached hydrogen (secondary N) is 2. The van der Waals surface area contributed by atoms with Gasteiger partial charge in [-0.05, 0) is 37.1 Å². The maximum atomic E-state index is 5.44. The Morgan fingerprint density at radius 2 is 1.64 bits per heavy atom. The van der Waals surface area contributed by atoms with E-state index in [1.165, 1.54) is 11.1 Å². The van der Waals surface area contributed by atoms with Gasteiger partial charge in [0.15, 0.2) is 5.96 Å². The Bertz CT molecular complexity index is 781. The summed E-state index contributed by atoms with van der Waals surface area (Å²) >= 11 is 0. The number of halogens is 1. The van der Waals surface area contributed by atoms with Crippen LogP contribution in [0.1, 0.15) is 16.7 Å². The summed E-state index contributed by atoms with van der Waals surface area (Å²) in [6.07, 6.45) is 0.845. The summed E-state index contributed by atoms with van der Waals surface area (Å²) in [5.41, 5.74) is 3.43. The monoisotopic (exact) mass is 499 g/mol. The highest BCUT2D eigenvalue weighted by atomic mass is 127. The molecule has 0 radical (unpaired) electrons. The average Bonchev–Trinajstić information content (AvgIpc) is 2.70. The second kappa shape index (κ2) is 12.3. The number of aryl methyl sites for hydroxylation is 1. The quantitative estimate of drug-likeness (QED) is 0.331. The molecule has 0 saturated heterocycles. The van der Waals surface area contributed by atoms with Crippen molar-refractivity contribution in [2.45, 2.75) is 19.9 Å². The maximum absolute atomic E-state index is 5.44. The topological polar surface area (TPSA) is 64.1 Å². The fourth-order valence-electron chi connectivity index (χ4n) is 2.82. The first-order valence-electron chi connectivity index (χ1n) is 8.90. The van der Waals surface area contributed by atoms with Crippen LogP contribution in [0.15, 0.2) is 41.4 Å². The number of methoxy groups -OCH3 is 3. The molecule has 154 valence electrons. The zero-order valence-electron chi connectivity index (χ0n) is 17.2. The van der Waals surface area contributed by atoms with Crippen molar-refractivity contribution in [2.75, 3.05) is 34.9 Å². The summed E-state index contributed by atoms with van der Waals surface area (Å²) in [5.74, 6) is 3.19. The zero-order valence-corrected chi connectivity index (χ0v) is 19.5. The van der Waals surface area contributed by atoms with Crippen molar-refractivity contribution >= 4 is 29.9 Å². The maximum Gasteiger partial charge on any atom is 0.191 e. The van der Waals surface area contributed by atoms with Gasteiger partial charge in [0.05, 0.1) is 21.3 Å². The molecule has 0 saturated carbocycles. The minimum atomic E-state index is 0.